The third-order valence-corrected chi connectivity index (χ3v) is 3.93. The summed E-state index contributed by atoms with van der Waals surface area (Å²) in [7, 11) is 0. The summed E-state index contributed by atoms with van der Waals surface area (Å²) in [6, 6.07) is 0. The quantitative estimate of drug-likeness (QED) is 0.321. The van der Waals surface area contributed by atoms with Crippen molar-refractivity contribution in [1.29, 1.82) is 0 Å². The molecular weight excluding hydrogens is 409 g/mol. The lowest BCUT2D eigenvalue weighted by Crippen LogP contribution is -2.48. The number of carbonyl (C=O) groups excluding carboxylic acids is 2. The van der Waals surface area contributed by atoms with Crippen LogP contribution in [0.3, 0.4) is 0 Å². The molecule has 1 heterocycles. The molecule has 0 bridgehead atoms. The van der Waals surface area contributed by atoms with Gasteiger partial charge in [-0.05, 0) is 39.5 Å². The summed E-state index contributed by atoms with van der Waals surface area (Å²) in [5, 5.41) is 3.25. The summed E-state index contributed by atoms with van der Waals surface area (Å²) < 4.78 is 0. The number of rotatable bonds is 6. The van der Waals surface area contributed by atoms with E-state index in [0.29, 0.717) is 13.0 Å². The Kier molecular flexibility index (Phi) is 9.48. The van der Waals surface area contributed by atoms with Crippen LogP contribution in [0, 0.1) is 11.3 Å². The Morgan fingerprint density at radius 2 is 2.00 bits per heavy atom. The third kappa shape index (κ3) is 7.36. The number of halogens is 1. The second-order valence-electron chi connectivity index (χ2n) is 6.54. The average Bonchev–Trinajstić information content (AvgIpc) is 2.42. The standard InChI is InChI=1S/C15H29N5O2.HI/c1-4-18-14(19-10-15(2,3)13(17)22)20-7-5-6-11(9-20)8-12(16)21;/h11H,4-10H2,1-3H3,(H2,16,21)(H2,17,22)(H,18,19);1H. The lowest BCUT2D eigenvalue weighted by atomic mass is 9.93. The lowest BCUT2D eigenvalue weighted by Gasteiger charge is -2.35. The highest BCUT2D eigenvalue weighted by Crippen LogP contribution is 2.20. The zero-order valence-electron chi connectivity index (χ0n) is 14.3. The van der Waals surface area contributed by atoms with E-state index in [4.69, 9.17) is 11.5 Å². The number of hydrogen-bond donors (Lipinski definition) is 3. The molecule has 23 heavy (non-hydrogen) atoms. The molecule has 0 spiro atoms. The molecule has 1 unspecified atom stereocenters. The number of hydrogen-bond acceptors (Lipinski definition) is 3. The molecule has 1 fully saturated rings. The number of likely N-dealkylation sites (tertiary alicyclic amines) is 1. The Balaban J connectivity index is 0.00000484. The Hall–Kier alpha value is -1.06. The molecule has 0 saturated carbocycles. The van der Waals surface area contributed by atoms with Crippen LogP contribution in [0.2, 0.25) is 0 Å². The van der Waals surface area contributed by atoms with E-state index in [1.54, 1.807) is 13.8 Å². The van der Waals surface area contributed by atoms with Crippen LogP contribution >= 0.6 is 24.0 Å². The van der Waals surface area contributed by atoms with Crippen molar-refractivity contribution < 1.29 is 9.59 Å². The van der Waals surface area contributed by atoms with Gasteiger partial charge in [0.25, 0.3) is 0 Å². The lowest BCUT2D eigenvalue weighted by molar-refractivity contribution is -0.125. The van der Waals surface area contributed by atoms with E-state index in [2.05, 4.69) is 15.2 Å². The van der Waals surface area contributed by atoms with E-state index in [9.17, 15) is 9.59 Å². The molecule has 0 aliphatic carbocycles. The fourth-order valence-electron chi connectivity index (χ4n) is 2.48. The van der Waals surface area contributed by atoms with Gasteiger partial charge < -0.3 is 21.7 Å². The number of piperidine rings is 1. The van der Waals surface area contributed by atoms with Crippen LogP contribution in [0.25, 0.3) is 0 Å². The van der Waals surface area contributed by atoms with E-state index < -0.39 is 5.41 Å². The van der Waals surface area contributed by atoms with Gasteiger partial charge >= 0.3 is 0 Å². The fourth-order valence-corrected chi connectivity index (χ4v) is 2.48. The van der Waals surface area contributed by atoms with Crippen LogP contribution < -0.4 is 16.8 Å². The van der Waals surface area contributed by atoms with Crippen LogP contribution in [0.1, 0.15) is 40.0 Å². The summed E-state index contributed by atoms with van der Waals surface area (Å²) in [5.41, 5.74) is 10.0. The highest BCUT2D eigenvalue weighted by Gasteiger charge is 2.27. The molecule has 0 aromatic heterocycles. The molecular formula is C15H30IN5O2. The van der Waals surface area contributed by atoms with Gasteiger partial charge in [-0.3, -0.25) is 14.6 Å². The first-order chi connectivity index (χ1) is 10.3. The van der Waals surface area contributed by atoms with Gasteiger partial charge in [-0.25, -0.2) is 0 Å². The predicted octanol–water partition coefficient (Wildman–Crippen LogP) is 0.669. The van der Waals surface area contributed by atoms with Gasteiger partial charge in [-0.15, -0.1) is 24.0 Å². The molecule has 0 aromatic carbocycles. The second-order valence-corrected chi connectivity index (χ2v) is 6.54. The summed E-state index contributed by atoms with van der Waals surface area (Å²) in [4.78, 5) is 29.2. The van der Waals surface area contributed by atoms with Gasteiger partial charge in [-0.2, -0.15) is 0 Å². The molecule has 1 saturated heterocycles. The van der Waals surface area contributed by atoms with Crippen molar-refractivity contribution in [3.63, 3.8) is 0 Å². The predicted molar refractivity (Wildman–Crippen MR) is 102 cm³/mol. The number of nitrogens with one attached hydrogen (secondary N) is 1. The SMILES string of the molecule is CCNC(=NCC(C)(C)C(N)=O)N1CCCC(CC(N)=O)C1.I. The maximum atomic E-state index is 11.4. The molecule has 8 heteroatoms. The van der Waals surface area contributed by atoms with Crippen LogP contribution in [-0.4, -0.2) is 48.9 Å². The summed E-state index contributed by atoms with van der Waals surface area (Å²) in [6.45, 7) is 8.29. The zero-order valence-corrected chi connectivity index (χ0v) is 16.6. The Bertz CT molecular complexity index is 440. The Morgan fingerprint density at radius 3 is 2.52 bits per heavy atom. The molecule has 1 atom stereocenters. The molecule has 1 rings (SSSR count). The Labute approximate surface area is 155 Å². The molecule has 0 aromatic rings. The topological polar surface area (TPSA) is 114 Å². The molecule has 7 nitrogen and oxygen atoms in total. The molecule has 2 amide bonds. The third-order valence-electron chi connectivity index (χ3n) is 3.93. The van der Waals surface area contributed by atoms with Crippen molar-refractivity contribution in [2.24, 2.45) is 27.8 Å². The first-order valence-electron chi connectivity index (χ1n) is 7.87. The van der Waals surface area contributed by atoms with Gasteiger partial charge in [0.2, 0.25) is 11.8 Å². The average molecular weight is 439 g/mol. The minimum atomic E-state index is -0.677. The highest BCUT2D eigenvalue weighted by molar-refractivity contribution is 14.0. The largest absolute Gasteiger partial charge is 0.370 e. The number of nitrogens with zero attached hydrogens (tertiary/aromatic N) is 2. The molecule has 5 N–H and O–H groups in total. The van der Waals surface area contributed by atoms with E-state index in [1.165, 1.54) is 0 Å². The van der Waals surface area contributed by atoms with Crippen LogP contribution in [0.5, 0.6) is 0 Å². The highest BCUT2D eigenvalue weighted by atomic mass is 127. The van der Waals surface area contributed by atoms with Gasteiger partial charge in [0.1, 0.15) is 0 Å². The first-order valence-corrected chi connectivity index (χ1v) is 7.87. The Morgan fingerprint density at radius 1 is 1.35 bits per heavy atom. The minimum absolute atomic E-state index is 0. The fraction of sp³-hybridized carbons (Fsp3) is 0.800. The number of aliphatic imine (C=N–C) groups is 1. The van der Waals surface area contributed by atoms with Crippen LogP contribution in [0.4, 0.5) is 0 Å². The number of primary amides is 2. The van der Waals surface area contributed by atoms with Gasteiger partial charge in [0.05, 0.1) is 12.0 Å². The van der Waals surface area contributed by atoms with Gasteiger partial charge in [-0.1, -0.05) is 0 Å². The van der Waals surface area contributed by atoms with Crippen molar-refractivity contribution in [3.05, 3.63) is 0 Å². The first kappa shape index (κ1) is 21.9. The van der Waals surface area contributed by atoms with E-state index >= 15 is 0 Å². The number of amides is 2. The van der Waals surface area contributed by atoms with E-state index in [0.717, 1.165) is 38.4 Å². The molecule has 0 radical (unpaired) electrons. The van der Waals surface area contributed by atoms with Crippen molar-refractivity contribution in [2.45, 2.75) is 40.0 Å². The number of nitrogens with two attached hydrogens (primary N) is 2. The van der Waals surface area contributed by atoms with Gasteiger partial charge in [0.15, 0.2) is 5.96 Å². The van der Waals surface area contributed by atoms with E-state index in [1.807, 2.05) is 6.92 Å². The van der Waals surface area contributed by atoms with Crippen molar-refractivity contribution in [3.8, 4) is 0 Å². The number of carbonyl (C=O) groups is 2. The maximum Gasteiger partial charge on any atom is 0.224 e. The van der Waals surface area contributed by atoms with Crippen LogP contribution in [0.15, 0.2) is 4.99 Å². The van der Waals surface area contributed by atoms with Crippen molar-refractivity contribution in [1.82, 2.24) is 10.2 Å². The van der Waals surface area contributed by atoms with Gasteiger partial charge in [0, 0.05) is 26.1 Å². The van der Waals surface area contributed by atoms with E-state index in [-0.39, 0.29) is 41.7 Å². The molecule has 134 valence electrons. The summed E-state index contributed by atoms with van der Waals surface area (Å²) in [6.07, 6.45) is 2.41. The summed E-state index contributed by atoms with van der Waals surface area (Å²) in [5.74, 6) is 0.409. The minimum Gasteiger partial charge on any atom is -0.370 e. The van der Waals surface area contributed by atoms with Crippen molar-refractivity contribution >= 4 is 41.8 Å². The summed E-state index contributed by atoms with van der Waals surface area (Å²) >= 11 is 0. The monoisotopic (exact) mass is 439 g/mol. The molecule has 1 aliphatic heterocycles. The maximum absolute atomic E-state index is 11.4. The molecule has 1 aliphatic rings. The smallest absolute Gasteiger partial charge is 0.224 e. The zero-order chi connectivity index (χ0) is 16.8. The number of guanidine groups is 1. The second kappa shape index (κ2) is 9.94. The van der Waals surface area contributed by atoms with Crippen LogP contribution in [-0.2, 0) is 9.59 Å². The van der Waals surface area contributed by atoms with Crippen molar-refractivity contribution in [2.75, 3.05) is 26.2 Å². The normalized spacial score (nSPS) is 19.0.